The molecule has 0 saturated heterocycles. The third-order valence-corrected chi connectivity index (χ3v) is 21.3. The van der Waals surface area contributed by atoms with Gasteiger partial charge in [0.2, 0.25) is 0 Å². The van der Waals surface area contributed by atoms with Crippen molar-refractivity contribution in [3.05, 3.63) is 277 Å². The number of anilines is 6. The molecule has 1 spiro atoms. The summed E-state index contributed by atoms with van der Waals surface area (Å²) in [6.45, 7) is 7.03. The van der Waals surface area contributed by atoms with Gasteiger partial charge in [0.1, 0.15) is 0 Å². The predicted octanol–water partition coefficient (Wildman–Crippen LogP) is 19.0. The summed E-state index contributed by atoms with van der Waals surface area (Å²) in [5.41, 5.74) is 15.7. The third-order valence-electron chi connectivity index (χ3n) is 18.3. The van der Waals surface area contributed by atoms with Crippen LogP contribution in [0.4, 0.5) is 42.9 Å². The van der Waals surface area contributed by atoms with Crippen LogP contribution in [-0.2, 0) is 5.41 Å². The molecule has 8 heteroatoms. The molecule has 0 amide bonds. The van der Waals surface area contributed by atoms with Crippen molar-refractivity contribution in [2.24, 2.45) is 0 Å². The molecule has 0 saturated carbocycles. The van der Waals surface area contributed by atoms with E-state index in [2.05, 4.69) is 224 Å². The van der Waals surface area contributed by atoms with E-state index < -0.39 is 35.4 Å². The van der Waals surface area contributed by atoms with Gasteiger partial charge in [-0.3, -0.25) is 0 Å². The number of hydrogen-bond acceptors (Lipinski definition) is 4. The maximum atomic E-state index is 15.8. The first-order valence-electron chi connectivity index (χ1n) is 29.0. The van der Waals surface area contributed by atoms with Gasteiger partial charge in [0, 0.05) is 44.3 Å². The molecule has 0 radical (unpaired) electrons. The van der Waals surface area contributed by atoms with Gasteiger partial charge >= 0.3 is 0 Å². The van der Waals surface area contributed by atoms with Crippen molar-refractivity contribution in [2.45, 2.75) is 25.1 Å². The minimum atomic E-state index is -1.15. The van der Waals surface area contributed by atoms with Gasteiger partial charge in [-0.25, -0.2) is 8.78 Å². The van der Waals surface area contributed by atoms with E-state index >= 15 is 8.78 Å². The van der Waals surface area contributed by atoms with Crippen molar-refractivity contribution in [3.63, 3.8) is 0 Å². The van der Waals surface area contributed by atoms with E-state index in [0.29, 0.717) is 11.2 Å². The van der Waals surface area contributed by atoms with E-state index in [-0.39, 0.29) is 11.2 Å². The van der Waals surface area contributed by atoms with Crippen LogP contribution in [0, 0.1) is 11.6 Å². The number of halogens is 2. The van der Waals surface area contributed by atoms with Crippen LogP contribution in [0.15, 0.2) is 251 Å². The smallest absolute Gasteiger partial charge is 0.171 e. The second kappa shape index (κ2) is 18.3. The highest BCUT2D eigenvalue weighted by Gasteiger charge is 2.52. The molecule has 15 aromatic rings. The zero-order valence-corrected chi connectivity index (χ0v) is 48.9. The van der Waals surface area contributed by atoms with Crippen LogP contribution in [0.1, 0.15) is 22.3 Å². The Bertz CT molecular complexity index is 5280. The van der Waals surface area contributed by atoms with Crippen LogP contribution >= 0.6 is 0 Å². The van der Waals surface area contributed by atoms with Crippen LogP contribution in [-0.4, -0.2) is 18.3 Å². The van der Waals surface area contributed by atoms with E-state index in [0.717, 1.165) is 77.9 Å². The lowest BCUT2D eigenvalue weighted by atomic mass is 9.70. The topological polar surface area (TPSA) is 32.8 Å². The monoisotopic (exact) mass is 1120 g/mol. The molecule has 0 aliphatic heterocycles. The highest BCUT2D eigenvalue weighted by atomic mass is 28.3. The minimum absolute atomic E-state index is 0.243. The Balaban J connectivity index is 0.978. The Kier molecular flexibility index (Phi) is 10.6. The van der Waals surface area contributed by atoms with Crippen molar-refractivity contribution >= 4 is 139 Å². The lowest BCUT2D eigenvalue weighted by molar-refractivity contribution is 0.584. The van der Waals surface area contributed by atoms with Gasteiger partial charge in [0.15, 0.2) is 34.0 Å². The Hall–Kier alpha value is -9.87. The first kappa shape index (κ1) is 48.8. The highest BCUT2D eigenvalue weighted by Crippen LogP contribution is 2.65. The van der Waals surface area contributed by atoms with E-state index in [1.54, 1.807) is 12.1 Å². The molecule has 1 unspecified atom stereocenters. The molecule has 0 fully saturated rings. The zero-order valence-electron chi connectivity index (χ0n) is 46.3. The molecule has 2 heterocycles. The standard InChI is InChI=1S/C76H52F2N2O2Si2/c1-83-48-34-28-44(29-35-48)79(70-26-12-21-59-57-19-10-24-68(77)72(57)81-74(59)70)46-32-38-55-56-39-33-47(80(45-30-36-49(37-31-45)84(2)3)71-27-13-22-60-58-20-11-25-69(78)73(58)82-75(60)71)41-66(56)76(65(55)40-46)64-23-9-8-18-54(64)63-42-61-52-16-6-4-14-50(52)51-15-5-7-17-53(51)62(61)43-67(63)76/h4-43,84H,83H2,1-3H3. The van der Waals surface area contributed by atoms with E-state index in [4.69, 9.17) is 8.83 Å². The number of para-hydroxylation sites is 4. The van der Waals surface area contributed by atoms with E-state index in [1.165, 1.54) is 77.1 Å². The third kappa shape index (κ3) is 6.83. The molecule has 13 aromatic carbocycles. The van der Waals surface area contributed by atoms with Gasteiger partial charge in [0.05, 0.1) is 35.1 Å². The summed E-state index contributed by atoms with van der Waals surface area (Å²) in [4.78, 5) is 4.61. The van der Waals surface area contributed by atoms with Crippen molar-refractivity contribution in [2.75, 3.05) is 9.80 Å². The number of benzene rings is 13. The SMILES string of the molecule is C[SiH2]c1ccc(N(c2ccc3c(c2)C2(c4ccccc4-c4cc5c6ccccc6c6ccccc6c5cc42)c2cc(N(c4ccc([SiH](C)C)cc4)c4cccc5c4oc4c(F)cccc45)ccc2-3)c2cccc3c2oc2c(F)cccc23)cc1. The van der Waals surface area contributed by atoms with Crippen LogP contribution < -0.4 is 20.2 Å². The maximum Gasteiger partial charge on any atom is 0.171 e. The molecule has 1 atom stereocenters. The molecule has 2 aromatic heterocycles. The first-order chi connectivity index (χ1) is 41.3. The normalized spacial score (nSPS) is 14.4. The van der Waals surface area contributed by atoms with Crippen LogP contribution in [0.3, 0.4) is 0 Å². The quantitative estimate of drug-likeness (QED) is 0.112. The fraction of sp³-hybridized carbons (Fsp3) is 0.0526. The minimum Gasteiger partial charge on any atom is -0.451 e. The van der Waals surface area contributed by atoms with Gasteiger partial charge < -0.3 is 18.6 Å². The largest absolute Gasteiger partial charge is 0.451 e. The molecular weight excluding hydrogens is 1070 g/mol. The van der Waals surface area contributed by atoms with E-state index in [1.807, 2.05) is 24.3 Å². The molecule has 0 N–H and O–H groups in total. The van der Waals surface area contributed by atoms with Crippen LogP contribution in [0.2, 0.25) is 19.6 Å². The molecule has 17 rings (SSSR count). The van der Waals surface area contributed by atoms with Gasteiger partial charge in [-0.2, -0.15) is 0 Å². The number of fused-ring (bicyclic) bond motifs is 22. The Morgan fingerprint density at radius 3 is 1.26 bits per heavy atom. The number of hydrogen-bond donors (Lipinski definition) is 0. The molecule has 84 heavy (non-hydrogen) atoms. The van der Waals surface area contributed by atoms with Gasteiger partial charge in [-0.15, -0.1) is 0 Å². The predicted molar refractivity (Wildman–Crippen MR) is 352 cm³/mol. The van der Waals surface area contributed by atoms with Crippen molar-refractivity contribution in [1.82, 2.24) is 0 Å². The summed E-state index contributed by atoms with van der Waals surface area (Å²) in [7, 11) is -1.60. The number of nitrogens with zero attached hydrogens (tertiary/aromatic N) is 2. The number of furan rings is 2. The summed E-state index contributed by atoms with van der Waals surface area (Å²) in [6, 6.07) is 86.3. The number of rotatable bonds is 8. The fourth-order valence-electron chi connectivity index (χ4n) is 14.5. The van der Waals surface area contributed by atoms with Crippen LogP contribution in [0.5, 0.6) is 0 Å². The molecular formula is C76H52F2N2O2Si2. The lowest BCUT2D eigenvalue weighted by Crippen LogP contribution is -2.27. The highest BCUT2D eigenvalue weighted by molar-refractivity contribution is 6.70. The Morgan fingerprint density at radius 1 is 0.345 bits per heavy atom. The van der Waals surface area contributed by atoms with Gasteiger partial charge in [-0.1, -0.05) is 188 Å². The summed E-state index contributed by atoms with van der Waals surface area (Å²) in [5.74, 6) is -0.782. The first-order valence-corrected chi connectivity index (χ1v) is 34.0. The van der Waals surface area contributed by atoms with Crippen LogP contribution in [0.25, 0.3) is 98.4 Å². The Morgan fingerprint density at radius 2 is 0.750 bits per heavy atom. The molecule has 0 bridgehead atoms. The summed E-state index contributed by atoms with van der Waals surface area (Å²) >= 11 is 0. The lowest BCUT2D eigenvalue weighted by Gasteiger charge is -2.33. The molecule has 4 nitrogen and oxygen atoms in total. The van der Waals surface area contributed by atoms with Gasteiger partial charge in [-0.05, 0) is 162 Å². The summed E-state index contributed by atoms with van der Waals surface area (Å²) < 4.78 is 44.9. The average Bonchev–Trinajstić information content (AvgIpc) is 1.51. The molecule has 2 aliphatic rings. The summed E-state index contributed by atoms with van der Waals surface area (Å²) in [5, 5.41) is 13.2. The second-order valence-corrected chi connectivity index (χ2v) is 27.5. The Labute approximate surface area is 487 Å². The molecule has 2 aliphatic carbocycles. The van der Waals surface area contributed by atoms with Crippen molar-refractivity contribution < 1.29 is 17.6 Å². The van der Waals surface area contributed by atoms with Crippen molar-refractivity contribution in [3.8, 4) is 22.3 Å². The average molecular weight is 1120 g/mol. The second-order valence-electron chi connectivity index (χ2n) is 23.0. The zero-order chi connectivity index (χ0) is 56.1. The van der Waals surface area contributed by atoms with E-state index in [9.17, 15) is 0 Å². The summed E-state index contributed by atoms with van der Waals surface area (Å²) in [6.07, 6.45) is 0. The van der Waals surface area contributed by atoms with Gasteiger partial charge in [0.25, 0.3) is 0 Å². The van der Waals surface area contributed by atoms with Crippen molar-refractivity contribution in [1.29, 1.82) is 0 Å². The molecule has 400 valence electrons. The maximum absolute atomic E-state index is 15.8. The fourth-order valence-corrected chi connectivity index (χ4v) is 16.1.